The average molecular weight is 304 g/mol. The minimum absolute atomic E-state index is 0.134. The summed E-state index contributed by atoms with van der Waals surface area (Å²) < 4.78 is 22.7. The van der Waals surface area contributed by atoms with E-state index in [-0.39, 0.29) is 23.5 Å². The summed E-state index contributed by atoms with van der Waals surface area (Å²) in [5.74, 6) is 2.04. The Kier molecular flexibility index (Phi) is 4.30. The van der Waals surface area contributed by atoms with Gasteiger partial charge in [-0.3, -0.25) is 0 Å². The van der Waals surface area contributed by atoms with Crippen molar-refractivity contribution in [2.24, 2.45) is 0 Å². The predicted octanol–water partition coefficient (Wildman–Crippen LogP) is 2.24. The maximum absolute atomic E-state index is 11.4. The molecule has 1 aromatic heterocycles. The Balaban J connectivity index is 2.07. The first kappa shape index (κ1) is 14.5. The van der Waals surface area contributed by atoms with E-state index in [0.717, 1.165) is 0 Å². The highest BCUT2D eigenvalue weighted by atomic mass is 35.5. The van der Waals surface area contributed by atoms with E-state index in [1.54, 1.807) is 6.07 Å². The van der Waals surface area contributed by atoms with Gasteiger partial charge in [0.05, 0.1) is 11.5 Å². The van der Waals surface area contributed by atoms with Crippen molar-refractivity contribution in [3.63, 3.8) is 0 Å². The van der Waals surface area contributed by atoms with E-state index in [0.29, 0.717) is 29.6 Å². The molecule has 0 atom stereocenters. The lowest BCUT2D eigenvalue weighted by atomic mass is 10.1. The second-order valence-electron chi connectivity index (χ2n) is 5.16. The van der Waals surface area contributed by atoms with Crippen molar-refractivity contribution >= 4 is 27.3 Å². The monoisotopic (exact) mass is 303 g/mol. The molecule has 1 aliphatic rings. The van der Waals surface area contributed by atoms with Crippen LogP contribution in [0.1, 0.15) is 38.4 Å². The molecule has 1 aliphatic heterocycles. The summed E-state index contributed by atoms with van der Waals surface area (Å²) in [4.78, 5) is 8.58. The van der Waals surface area contributed by atoms with Gasteiger partial charge in [-0.05, 0) is 12.8 Å². The molecule has 0 saturated carbocycles. The molecule has 2 heterocycles. The Morgan fingerprint density at radius 3 is 2.53 bits per heavy atom. The molecule has 0 spiro atoms. The van der Waals surface area contributed by atoms with Crippen molar-refractivity contribution in [1.82, 2.24) is 9.97 Å². The number of halogens is 1. The van der Waals surface area contributed by atoms with Crippen LogP contribution in [0.4, 0.5) is 5.82 Å². The van der Waals surface area contributed by atoms with Crippen LogP contribution in [0.15, 0.2) is 6.07 Å². The fourth-order valence-corrected chi connectivity index (χ4v) is 3.69. The van der Waals surface area contributed by atoms with Gasteiger partial charge < -0.3 is 5.32 Å². The fourth-order valence-electron chi connectivity index (χ4n) is 2.01. The molecular weight excluding hydrogens is 286 g/mol. The number of anilines is 1. The first-order valence-electron chi connectivity index (χ1n) is 6.37. The third kappa shape index (κ3) is 4.04. The number of sulfone groups is 1. The van der Waals surface area contributed by atoms with E-state index in [1.807, 2.05) is 13.8 Å². The Labute approximate surface area is 118 Å². The maximum Gasteiger partial charge on any atom is 0.150 e. The van der Waals surface area contributed by atoms with Crippen molar-refractivity contribution in [2.45, 2.75) is 38.6 Å². The third-order valence-electron chi connectivity index (χ3n) is 3.14. The maximum atomic E-state index is 11.4. The summed E-state index contributed by atoms with van der Waals surface area (Å²) in [5, 5.41) is 3.66. The number of hydrogen-bond donors (Lipinski definition) is 1. The summed E-state index contributed by atoms with van der Waals surface area (Å²) in [6.45, 7) is 4.01. The van der Waals surface area contributed by atoms with Crippen LogP contribution < -0.4 is 5.32 Å². The van der Waals surface area contributed by atoms with Gasteiger partial charge in [-0.15, -0.1) is 0 Å². The van der Waals surface area contributed by atoms with E-state index in [4.69, 9.17) is 11.6 Å². The van der Waals surface area contributed by atoms with E-state index in [1.165, 1.54) is 0 Å². The molecule has 1 aromatic rings. The van der Waals surface area contributed by atoms with Gasteiger partial charge in [-0.25, -0.2) is 18.4 Å². The van der Waals surface area contributed by atoms with E-state index >= 15 is 0 Å². The zero-order valence-corrected chi connectivity index (χ0v) is 12.6. The SMILES string of the molecule is CC(C)c1nc(Cl)cc(NC2CCS(=O)(=O)CC2)n1. The molecule has 0 bridgehead atoms. The molecule has 1 saturated heterocycles. The smallest absolute Gasteiger partial charge is 0.150 e. The molecule has 106 valence electrons. The molecule has 0 amide bonds. The molecular formula is C12H18ClN3O2S. The first-order valence-corrected chi connectivity index (χ1v) is 8.57. The van der Waals surface area contributed by atoms with Crippen LogP contribution >= 0.6 is 11.6 Å². The van der Waals surface area contributed by atoms with Crippen LogP contribution in [-0.2, 0) is 9.84 Å². The predicted molar refractivity (Wildman–Crippen MR) is 76.4 cm³/mol. The Morgan fingerprint density at radius 2 is 1.95 bits per heavy atom. The molecule has 5 nitrogen and oxygen atoms in total. The van der Waals surface area contributed by atoms with Crippen LogP contribution in [0.25, 0.3) is 0 Å². The zero-order chi connectivity index (χ0) is 14.0. The summed E-state index contributed by atoms with van der Waals surface area (Å²) in [5.41, 5.74) is 0. The van der Waals surface area contributed by atoms with E-state index in [2.05, 4.69) is 15.3 Å². The second kappa shape index (κ2) is 5.63. The van der Waals surface area contributed by atoms with Crippen LogP contribution in [0, 0.1) is 0 Å². The second-order valence-corrected chi connectivity index (χ2v) is 7.85. The third-order valence-corrected chi connectivity index (χ3v) is 5.04. The summed E-state index contributed by atoms with van der Waals surface area (Å²) in [7, 11) is -2.84. The largest absolute Gasteiger partial charge is 0.367 e. The number of hydrogen-bond acceptors (Lipinski definition) is 5. The minimum atomic E-state index is -2.84. The zero-order valence-electron chi connectivity index (χ0n) is 11.1. The minimum Gasteiger partial charge on any atom is -0.367 e. The van der Waals surface area contributed by atoms with Gasteiger partial charge in [0.15, 0.2) is 0 Å². The lowest BCUT2D eigenvalue weighted by Gasteiger charge is -2.23. The summed E-state index contributed by atoms with van der Waals surface area (Å²) in [6.07, 6.45) is 1.22. The fraction of sp³-hybridized carbons (Fsp3) is 0.667. The number of rotatable bonds is 3. The molecule has 0 radical (unpaired) electrons. The van der Waals surface area contributed by atoms with E-state index < -0.39 is 9.84 Å². The van der Waals surface area contributed by atoms with Gasteiger partial charge in [0.2, 0.25) is 0 Å². The van der Waals surface area contributed by atoms with Crippen molar-refractivity contribution < 1.29 is 8.42 Å². The highest BCUT2D eigenvalue weighted by Gasteiger charge is 2.23. The molecule has 7 heteroatoms. The number of nitrogens with zero attached hydrogens (tertiary/aromatic N) is 2. The highest BCUT2D eigenvalue weighted by molar-refractivity contribution is 7.91. The van der Waals surface area contributed by atoms with Crippen LogP contribution in [-0.4, -0.2) is 35.9 Å². The van der Waals surface area contributed by atoms with Gasteiger partial charge in [0.25, 0.3) is 0 Å². The summed E-state index contributed by atoms with van der Waals surface area (Å²) >= 11 is 5.97. The summed E-state index contributed by atoms with van der Waals surface area (Å²) in [6, 6.07) is 1.81. The van der Waals surface area contributed by atoms with Crippen LogP contribution in [0.5, 0.6) is 0 Å². The molecule has 2 rings (SSSR count). The van der Waals surface area contributed by atoms with Gasteiger partial charge in [-0.2, -0.15) is 0 Å². The van der Waals surface area contributed by atoms with E-state index in [9.17, 15) is 8.42 Å². The quantitative estimate of drug-likeness (QED) is 0.867. The lowest BCUT2D eigenvalue weighted by molar-refractivity contribution is 0.558. The topological polar surface area (TPSA) is 72.0 Å². The Bertz CT molecular complexity index is 546. The van der Waals surface area contributed by atoms with Gasteiger partial charge in [0, 0.05) is 18.0 Å². The average Bonchev–Trinajstić information content (AvgIpc) is 2.31. The van der Waals surface area contributed by atoms with Crippen molar-refractivity contribution in [1.29, 1.82) is 0 Å². The normalized spacial score (nSPS) is 19.6. The lowest BCUT2D eigenvalue weighted by Crippen LogP contribution is -2.32. The van der Waals surface area contributed by atoms with Crippen LogP contribution in [0.3, 0.4) is 0 Å². The van der Waals surface area contributed by atoms with Crippen molar-refractivity contribution in [3.8, 4) is 0 Å². The van der Waals surface area contributed by atoms with Gasteiger partial charge in [-0.1, -0.05) is 25.4 Å². The Morgan fingerprint density at radius 1 is 1.32 bits per heavy atom. The molecule has 0 aliphatic carbocycles. The molecule has 0 unspecified atom stereocenters. The van der Waals surface area contributed by atoms with Crippen molar-refractivity contribution in [2.75, 3.05) is 16.8 Å². The van der Waals surface area contributed by atoms with Crippen LogP contribution in [0.2, 0.25) is 5.15 Å². The van der Waals surface area contributed by atoms with Gasteiger partial charge in [0.1, 0.15) is 26.6 Å². The number of nitrogens with one attached hydrogen (secondary N) is 1. The highest BCUT2D eigenvalue weighted by Crippen LogP contribution is 2.20. The molecule has 1 N–H and O–H groups in total. The van der Waals surface area contributed by atoms with Gasteiger partial charge >= 0.3 is 0 Å². The standard InChI is InChI=1S/C12H18ClN3O2S/c1-8(2)12-15-10(13)7-11(16-12)14-9-3-5-19(17,18)6-4-9/h7-9H,3-6H2,1-2H3,(H,14,15,16). The van der Waals surface area contributed by atoms with Crippen molar-refractivity contribution in [3.05, 3.63) is 17.0 Å². The molecule has 1 fully saturated rings. The Hall–Kier alpha value is -0.880. The first-order chi connectivity index (χ1) is 8.85. The number of aromatic nitrogens is 2. The molecule has 19 heavy (non-hydrogen) atoms. The molecule has 0 aromatic carbocycles.